The van der Waals surface area contributed by atoms with Gasteiger partial charge in [0.1, 0.15) is 0 Å². The molecule has 11 heteroatoms. The maximum absolute atomic E-state index is 12.0. The average Bonchev–Trinajstić information content (AvgIpc) is 2.48. The van der Waals surface area contributed by atoms with Crippen LogP contribution in [0.1, 0.15) is 0 Å². The maximum atomic E-state index is 12.0. The van der Waals surface area contributed by atoms with Crippen LogP contribution in [-0.2, 0) is 54.8 Å². The van der Waals surface area contributed by atoms with Gasteiger partial charge in [-0.3, -0.25) is 9.97 Å². The van der Waals surface area contributed by atoms with Crippen molar-refractivity contribution >= 4 is 46.3 Å². The number of hydrogen-bond donors (Lipinski definition) is 1. The molecule has 124 valence electrons. The van der Waals surface area contributed by atoms with E-state index in [1.54, 1.807) is 6.07 Å². The fourth-order valence-corrected chi connectivity index (χ4v) is 2.58. The molecule has 4 N–H and O–H groups in total. The van der Waals surface area contributed by atoms with Gasteiger partial charge in [-0.05, 0) is 18.2 Å². The van der Waals surface area contributed by atoms with Gasteiger partial charge in [0.15, 0.2) is 0 Å². The molecule has 23 heavy (non-hydrogen) atoms. The number of rotatable bonds is 3. The minimum Gasteiger partial charge on any atom is -0.760 e. The number of nitrogens with zero attached hydrogens (tertiary/aromatic N) is 3. The van der Waals surface area contributed by atoms with E-state index in [-0.39, 0.29) is 34.4 Å². The summed E-state index contributed by atoms with van der Waals surface area (Å²) in [6.45, 7) is 1.19. The largest absolute Gasteiger partial charge is 0.760 e. The van der Waals surface area contributed by atoms with Crippen molar-refractivity contribution in [3.63, 3.8) is 0 Å². The first-order valence-electron chi connectivity index (χ1n) is 6.26. The van der Waals surface area contributed by atoms with E-state index in [9.17, 15) is 8.42 Å². The molecule has 0 radical (unpaired) electrons. The Morgan fingerprint density at radius 1 is 1.17 bits per heavy atom. The van der Waals surface area contributed by atoms with Crippen LogP contribution in [0.2, 0.25) is 0 Å². The van der Waals surface area contributed by atoms with Crippen LogP contribution in [0.15, 0.2) is 33.1 Å². The Hall–Kier alpha value is -0.547. The first-order valence-corrected chi connectivity index (χ1v) is 8.52. The zero-order chi connectivity index (χ0) is 16.9. The van der Waals surface area contributed by atoms with E-state index in [1.165, 1.54) is 26.2 Å². The third kappa shape index (κ3) is 5.79. The molecule has 2 aromatic rings. The Balaban J connectivity index is 0.000000871. The summed E-state index contributed by atoms with van der Waals surface area (Å²) < 4.78 is 25.1. The summed E-state index contributed by atoms with van der Waals surface area (Å²) in [6, 6.07) is 4.50. The minimum absolute atomic E-state index is 0. The molecule has 0 fully saturated rings. The molecule has 0 spiro atoms. The van der Waals surface area contributed by atoms with Gasteiger partial charge in [-0.2, -0.15) is 0 Å². The first-order chi connectivity index (χ1) is 10.2. The molecule has 7 nitrogen and oxygen atoms in total. The number of quaternary nitrogens is 1. The number of sulfonamides is 1. The second kappa shape index (κ2) is 9.68. The van der Waals surface area contributed by atoms with Crippen molar-refractivity contribution in [1.29, 1.82) is 0 Å². The van der Waals surface area contributed by atoms with Gasteiger partial charge >= 0.3 is 0 Å². The molecule has 0 amide bonds. The molecule has 0 aliphatic heterocycles. The fourth-order valence-electron chi connectivity index (χ4n) is 1.37. The van der Waals surface area contributed by atoms with Crippen molar-refractivity contribution in [2.75, 3.05) is 27.2 Å². The van der Waals surface area contributed by atoms with Gasteiger partial charge in [-0.15, -0.1) is 6.54 Å². The zero-order valence-electron chi connectivity index (χ0n) is 12.9. The van der Waals surface area contributed by atoms with Gasteiger partial charge < -0.3 is 36.7 Å². The second-order valence-corrected chi connectivity index (χ2v) is 7.30. The van der Waals surface area contributed by atoms with Gasteiger partial charge in [0.05, 0.1) is 22.5 Å². The maximum Gasteiger partial charge on any atom is 0.242 e. The Labute approximate surface area is 159 Å². The molecule has 0 aliphatic rings. The van der Waals surface area contributed by atoms with Crippen molar-refractivity contribution in [3.05, 3.63) is 23.9 Å². The minimum atomic E-state index is -3.49. The Morgan fingerprint density at radius 2 is 1.65 bits per heavy atom. The zero-order valence-corrected chi connectivity index (χ0v) is 18.4. The Morgan fingerprint density at radius 3 is 2.09 bits per heavy atom. The van der Waals surface area contributed by atoms with Crippen LogP contribution in [0.5, 0.6) is 0 Å². The van der Waals surface area contributed by atoms with E-state index in [0.29, 0.717) is 17.6 Å². The molecule has 2 rings (SSSR count). The van der Waals surface area contributed by atoms with Crippen LogP contribution in [-0.4, -0.2) is 49.9 Å². The van der Waals surface area contributed by atoms with Crippen molar-refractivity contribution < 1.29 is 33.6 Å². The van der Waals surface area contributed by atoms with Crippen molar-refractivity contribution in [1.82, 2.24) is 14.3 Å². The van der Waals surface area contributed by atoms with Crippen molar-refractivity contribution in [2.45, 2.75) is 14.9 Å². The summed E-state index contributed by atoms with van der Waals surface area (Å²) in [6.07, 6.45) is 0. The van der Waals surface area contributed by atoms with Crippen LogP contribution in [0.25, 0.3) is 16.8 Å². The molecular weight excluding hydrogens is 408 g/mol. The van der Waals surface area contributed by atoms with E-state index in [4.69, 9.17) is 31.0 Å². The van der Waals surface area contributed by atoms with Gasteiger partial charge in [0.2, 0.25) is 10.0 Å². The molecule has 0 saturated heterocycles. The monoisotopic (exact) mass is 423 g/mol. The van der Waals surface area contributed by atoms with Crippen molar-refractivity contribution in [2.24, 2.45) is 0 Å². The molecule has 0 atom stereocenters. The number of aromatic nitrogens is 2. The van der Waals surface area contributed by atoms with E-state index in [1.807, 2.05) is 0 Å². The second-order valence-electron chi connectivity index (χ2n) is 4.38. The summed E-state index contributed by atoms with van der Waals surface area (Å²) in [4.78, 5) is 8.31. The normalized spacial score (nSPS) is 10.8. The van der Waals surface area contributed by atoms with Crippen LogP contribution in [0.3, 0.4) is 0 Å². The fraction of sp³-hybridized carbons (Fsp3) is 0.333. The van der Waals surface area contributed by atoms with Crippen LogP contribution >= 0.6 is 0 Å². The van der Waals surface area contributed by atoms with E-state index in [0.717, 1.165) is 10.8 Å². The Bertz CT molecular complexity index is 754. The van der Waals surface area contributed by atoms with E-state index >= 15 is 0 Å². The summed E-state index contributed by atoms with van der Waals surface area (Å²) in [7, 11) is -0.549. The SMILES string of the molecule is CN(C)S(=O)(=O)c1ccc2nc([S-])c([S-])nc2c1.[NH-]CC[NH3+].[Zn]. The molecule has 0 unspecified atom stereocenters. The molecule has 1 aromatic carbocycles. The van der Waals surface area contributed by atoms with Gasteiger partial charge in [-0.1, -0.05) is 10.1 Å². The van der Waals surface area contributed by atoms with Crippen molar-refractivity contribution in [3.8, 4) is 0 Å². The van der Waals surface area contributed by atoms with Gasteiger partial charge in [0.25, 0.3) is 0 Å². The predicted molar refractivity (Wildman–Crippen MR) is 88.6 cm³/mol. The van der Waals surface area contributed by atoms with Gasteiger partial charge in [0, 0.05) is 33.6 Å². The smallest absolute Gasteiger partial charge is 0.242 e. The summed E-state index contributed by atoms with van der Waals surface area (Å²) >= 11 is 9.86. The number of hydrogen-bond acceptors (Lipinski definition) is 6. The summed E-state index contributed by atoms with van der Waals surface area (Å²) in [5.74, 6) is 0. The summed E-state index contributed by atoms with van der Waals surface area (Å²) in [5.41, 5.74) is 10.8. The number of fused-ring (bicyclic) bond motifs is 1. The first kappa shape index (κ1) is 22.5. The Kier molecular flexibility index (Phi) is 9.45. The topological polar surface area (TPSA) is 115 Å². The molecule has 0 saturated carbocycles. The number of nitrogens with one attached hydrogen (secondary N) is 1. The van der Waals surface area contributed by atoms with Crippen LogP contribution < -0.4 is 5.73 Å². The third-order valence-corrected chi connectivity index (χ3v) is 5.04. The number of benzene rings is 1. The van der Waals surface area contributed by atoms with E-state index < -0.39 is 10.0 Å². The quantitative estimate of drug-likeness (QED) is 0.546. The van der Waals surface area contributed by atoms with Crippen LogP contribution in [0, 0.1) is 0 Å². The third-order valence-electron chi connectivity index (χ3n) is 2.53. The molecule has 0 aliphatic carbocycles. The molecule has 0 bridgehead atoms. The van der Waals surface area contributed by atoms with Gasteiger partial charge in [-0.25, -0.2) is 12.7 Å². The molecule has 1 heterocycles. The van der Waals surface area contributed by atoms with Crippen LogP contribution in [0.4, 0.5) is 0 Å². The summed E-state index contributed by atoms with van der Waals surface area (Å²) in [5, 5.41) is 0.456. The average molecular weight is 425 g/mol. The molecule has 1 aromatic heterocycles. The molecular formula is C12H17N5O2S3Zn-2. The van der Waals surface area contributed by atoms with E-state index in [2.05, 4.69) is 15.7 Å². The standard InChI is InChI=1S/C10H11N3O2S3.C2H7N2.Zn/c1-13(2)18(14,15)6-3-4-7-8(5-6)12-10(17)9(16)11-7;3-1-2-4;/h3-5H,1-2H3,(H,11,16)(H,12,17);3H,1-2,4H2;/q;-1;/p-1. The predicted octanol–water partition coefficient (Wildman–Crippen LogP) is -0.0303.